The number of alkyl halides is 3. The topological polar surface area (TPSA) is 70.4 Å². The summed E-state index contributed by atoms with van der Waals surface area (Å²) in [6.07, 6.45) is -3.07. The van der Waals surface area contributed by atoms with Crippen molar-refractivity contribution in [3.8, 4) is 0 Å². The first-order valence-electron chi connectivity index (χ1n) is 8.22. The summed E-state index contributed by atoms with van der Waals surface area (Å²) in [6, 6.07) is 4.20. The first-order valence-corrected chi connectivity index (χ1v) is 9.21. The minimum atomic E-state index is -4.40. The monoisotopic (exact) mass is 402 g/mol. The Labute approximate surface area is 156 Å². The second-order valence-corrected chi connectivity index (χ2v) is 7.02. The molecule has 1 saturated heterocycles. The Morgan fingerprint density at radius 1 is 1.44 bits per heavy atom. The zero-order valence-corrected chi connectivity index (χ0v) is 15.2. The fourth-order valence-corrected chi connectivity index (χ4v) is 3.62. The number of benzene rings is 1. The van der Waals surface area contributed by atoms with Crippen LogP contribution in [0.1, 0.15) is 23.2 Å². The van der Waals surface area contributed by atoms with E-state index in [9.17, 15) is 22.8 Å². The zero-order valence-electron chi connectivity index (χ0n) is 14.4. The minimum absolute atomic E-state index is 0.0534. The van der Waals surface area contributed by atoms with E-state index >= 15 is 0 Å². The van der Waals surface area contributed by atoms with Gasteiger partial charge < -0.3 is 9.47 Å². The summed E-state index contributed by atoms with van der Waals surface area (Å²) in [7, 11) is 1.21. The number of hydrogen-bond donors (Lipinski definition) is 0. The Morgan fingerprint density at radius 3 is 2.85 bits per heavy atom. The third kappa shape index (κ3) is 4.62. The van der Waals surface area contributed by atoms with Gasteiger partial charge in [-0.05, 0) is 31.0 Å². The van der Waals surface area contributed by atoms with Crippen molar-refractivity contribution in [1.29, 1.82) is 0 Å². The summed E-state index contributed by atoms with van der Waals surface area (Å²) in [6.45, 7) is 0.703. The fraction of sp³-hybridized carbons (Fsp3) is 0.471. The largest absolute Gasteiger partial charge is 0.465 e. The molecule has 2 aromatic rings. The van der Waals surface area contributed by atoms with Crippen molar-refractivity contribution < 1.29 is 27.4 Å². The van der Waals surface area contributed by atoms with Gasteiger partial charge in [-0.3, -0.25) is 9.36 Å². The molecule has 0 unspecified atom stereocenters. The highest BCUT2D eigenvalue weighted by atomic mass is 32.2. The van der Waals surface area contributed by atoms with Crippen molar-refractivity contribution in [2.24, 2.45) is 0 Å². The van der Waals surface area contributed by atoms with Crippen molar-refractivity contribution in [3.05, 3.63) is 34.1 Å². The Morgan fingerprint density at radius 2 is 2.22 bits per heavy atom. The number of carbonyl (C=O) groups is 1. The van der Waals surface area contributed by atoms with E-state index in [1.165, 1.54) is 29.9 Å². The van der Waals surface area contributed by atoms with Crippen LogP contribution in [0.5, 0.6) is 0 Å². The van der Waals surface area contributed by atoms with Crippen LogP contribution in [0.4, 0.5) is 13.2 Å². The van der Waals surface area contributed by atoms with Gasteiger partial charge in [0.05, 0.1) is 42.0 Å². The molecule has 146 valence electrons. The molecule has 6 nitrogen and oxygen atoms in total. The summed E-state index contributed by atoms with van der Waals surface area (Å²) in [4.78, 5) is 28.8. The Balaban J connectivity index is 2.06. The van der Waals surface area contributed by atoms with Gasteiger partial charge in [-0.25, -0.2) is 9.78 Å². The number of fused-ring (bicyclic) bond motifs is 1. The molecule has 0 spiro atoms. The molecule has 27 heavy (non-hydrogen) atoms. The van der Waals surface area contributed by atoms with Gasteiger partial charge in [0.2, 0.25) is 0 Å². The average Bonchev–Trinajstić information content (AvgIpc) is 3.14. The van der Waals surface area contributed by atoms with Gasteiger partial charge in [0.25, 0.3) is 5.56 Å². The number of thioether (sulfide) groups is 1. The Hall–Kier alpha value is -2.07. The first kappa shape index (κ1) is 19.7. The highest BCUT2D eigenvalue weighted by molar-refractivity contribution is 7.99. The van der Waals surface area contributed by atoms with Crippen LogP contribution >= 0.6 is 11.8 Å². The molecule has 0 bridgehead atoms. The molecule has 1 aromatic carbocycles. The van der Waals surface area contributed by atoms with E-state index in [1.54, 1.807) is 0 Å². The van der Waals surface area contributed by atoms with Crippen LogP contribution in [0.15, 0.2) is 28.2 Å². The van der Waals surface area contributed by atoms with Crippen molar-refractivity contribution >= 4 is 28.6 Å². The quantitative estimate of drug-likeness (QED) is 0.435. The first-order chi connectivity index (χ1) is 12.8. The number of ether oxygens (including phenoxy) is 2. The van der Waals surface area contributed by atoms with Crippen molar-refractivity contribution in [1.82, 2.24) is 9.55 Å². The van der Waals surface area contributed by atoms with Gasteiger partial charge in [-0.2, -0.15) is 13.2 Å². The van der Waals surface area contributed by atoms with Crippen LogP contribution in [0.25, 0.3) is 10.9 Å². The summed E-state index contributed by atoms with van der Waals surface area (Å²) in [5.41, 5.74) is -0.145. The van der Waals surface area contributed by atoms with E-state index in [1.807, 2.05) is 0 Å². The van der Waals surface area contributed by atoms with E-state index in [0.29, 0.717) is 18.4 Å². The molecule has 2 heterocycles. The standard InChI is InChI=1S/C17H17F3N2O4S/c1-25-15(24)10-4-5-12-13(7-10)21-16(27-9-17(18,19)20)22(14(12)23)8-11-3-2-6-26-11/h4-5,7,11H,2-3,6,8-9H2,1H3/t11-/m1/s1. The highest BCUT2D eigenvalue weighted by Crippen LogP contribution is 2.27. The number of esters is 1. The predicted molar refractivity (Wildman–Crippen MR) is 93.1 cm³/mol. The highest BCUT2D eigenvalue weighted by Gasteiger charge is 2.29. The number of halogens is 3. The maximum Gasteiger partial charge on any atom is 0.398 e. The van der Waals surface area contributed by atoms with Crippen molar-refractivity contribution in [2.75, 3.05) is 19.5 Å². The van der Waals surface area contributed by atoms with Crippen LogP contribution < -0.4 is 5.56 Å². The molecule has 1 atom stereocenters. The molecule has 1 aliphatic heterocycles. The smallest absolute Gasteiger partial charge is 0.398 e. The maximum absolute atomic E-state index is 12.9. The van der Waals surface area contributed by atoms with Gasteiger partial charge >= 0.3 is 12.1 Å². The number of hydrogen-bond acceptors (Lipinski definition) is 6. The van der Waals surface area contributed by atoms with Crippen LogP contribution in [-0.4, -0.2) is 47.3 Å². The number of rotatable bonds is 5. The van der Waals surface area contributed by atoms with Gasteiger partial charge in [-0.15, -0.1) is 0 Å². The van der Waals surface area contributed by atoms with Gasteiger partial charge in [-0.1, -0.05) is 11.8 Å². The third-order valence-electron chi connectivity index (χ3n) is 4.12. The second kappa shape index (κ2) is 7.89. The molecule has 0 saturated carbocycles. The summed E-state index contributed by atoms with van der Waals surface area (Å²) >= 11 is 0.441. The number of methoxy groups -OCH3 is 1. The van der Waals surface area contributed by atoms with Gasteiger partial charge in [0.1, 0.15) is 0 Å². The van der Waals surface area contributed by atoms with Crippen LogP contribution in [0.2, 0.25) is 0 Å². The lowest BCUT2D eigenvalue weighted by Crippen LogP contribution is -2.29. The number of nitrogens with zero attached hydrogens (tertiary/aromatic N) is 2. The number of carbonyl (C=O) groups excluding carboxylic acids is 1. The second-order valence-electron chi connectivity index (χ2n) is 6.07. The Bertz CT molecular complexity index is 907. The van der Waals surface area contributed by atoms with E-state index in [2.05, 4.69) is 9.72 Å². The SMILES string of the molecule is COC(=O)c1ccc2c(=O)n(C[C@H]3CCCO3)c(SCC(F)(F)F)nc2c1. The molecule has 3 rings (SSSR count). The summed E-state index contributed by atoms with van der Waals surface area (Å²) in [5.74, 6) is -1.79. The molecule has 0 aliphatic carbocycles. The summed E-state index contributed by atoms with van der Waals surface area (Å²) in [5, 5.41) is 0.166. The lowest BCUT2D eigenvalue weighted by molar-refractivity contribution is -0.105. The molecular formula is C17H17F3N2O4S. The van der Waals surface area contributed by atoms with E-state index in [4.69, 9.17) is 4.74 Å². The maximum atomic E-state index is 12.9. The molecular weight excluding hydrogens is 385 g/mol. The summed E-state index contributed by atoms with van der Waals surface area (Å²) < 4.78 is 49.4. The predicted octanol–water partition coefficient (Wildman–Crippen LogP) is 3.02. The molecule has 1 fully saturated rings. The molecule has 0 radical (unpaired) electrons. The van der Waals surface area contributed by atoms with Crippen molar-refractivity contribution in [2.45, 2.75) is 36.8 Å². The Kier molecular flexibility index (Phi) is 5.75. The lowest BCUT2D eigenvalue weighted by atomic mass is 10.1. The minimum Gasteiger partial charge on any atom is -0.465 e. The molecule has 0 amide bonds. The average molecular weight is 402 g/mol. The molecule has 0 N–H and O–H groups in total. The number of aromatic nitrogens is 2. The van der Waals surface area contributed by atoms with Crippen LogP contribution in [-0.2, 0) is 16.0 Å². The lowest BCUT2D eigenvalue weighted by Gasteiger charge is -2.17. The molecule has 10 heteroatoms. The van der Waals surface area contributed by atoms with Gasteiger partial charge in [0, 0.05) is 6.61 Å². The van der Waals surface area contributed by atoms with E-state index < -0.39 is 23.5 Å². The van der Waals surface area contributed by atoms with Gasteiger partial charge in [0.15, 0.2) is 5.16 Å². The van der Waals surface area contributed by atoms with Crippen LogP contribution in [0, 0.1) is 0 Å². The van der Waals surface area contributed by atoms with E-state index in [0.717, 1.165) is 12.8 Å². The third-order valence-corrected chi connectivity index (χ3v) is 5.16. The molecule has 1 aromatic heterocycles. The molecule has 1 aliphatic rings. The zero-order chi connectivity index (χ0) is 19.6. The van der Waals surface area contributed by atoms with Crippen LogP contribution in [0.3, 0.4) is 0 Å². The van der Waals surface area contributed by atoms with E-state index in [-0.39, 0.29) is 34.3 Å². The normalized spacial score (nSPS) is 17.4. The fourth-order valence-electron chi connectivity index (χ4n) is 2.86. The van der Waals surface area contributed by atoms with Crippen molar-refractivity contribution in [3.63, 3.8) is 0 Å².